The van der Waals surface area contributed by atoms with E-state index in [1.54, 1.807) is 24.5 Å². The number of nitrogens with zero attached hydrogens (tertiary/aromatic N) is 2. The summed E-state index contributed by atoms with van der Waals surface area (Å²) in [5.74, 6) is -0.865. The number of rotatable bonds is 5. The van der Waals surface area contributed by atoms with E-state index in [-0.39, 0.29) is 11.4 Å². The highest BCUT2D eigenvalue weighted by Gasteiger charge is 2.15. The Kier molecular flexibility index (Phi) is 5.03. The average molecular weight is 388 g/mol. The van der Waals surface area contributed by atoms with Crippen LogP contribution in [0.2, 0.25) is 0 Å². The molecule has 7 heteroatoms. The van der Waals surface area contributed by atoms with E-state index in [2.05, 4.69) is 15.5 Å². The van der Waals surface area contributed by atoms with Gasteiger partial charge in [0.2, 0.25) is 0 Å². The molecule has 1 amide bonds. The summed E-state index contributed by atoms with van der Waals surface area (Å²) in [4.78, 5) is 16.5. The van der Waals surface area contributed by atoms with Gasteiger partial charge < -0.3 is 15.6 Å². The number of nitrogens with two attached hydrogens (primary N) is 1. The van der Waals surface area contributed by atoms with E-state index < -0.39 is 11.7 Å². The molecule has 0 spiro atoms. The Balaban J connectivity index is 1.57. The fourth-order valence-corrected chi connectivity index (χ4v) is 2.95. The van der Waals surface area contributed by atoms with Crippen molar-refractivity contribution in [3.8, 4) is 22.3 Å². The Bertz CT molecular complexity index is 1140. The minimum Gasteiger partial charge on any atom is -0.383 e. The molecule has 0 aliphatic heterocycles. The maximum atomic E-state index is 14.7. The van der Waals surface area contributed by atoms with Crippen LogP contribution in [0, 0.1) is 5.82 Å². The van der Waals surface area contributed by atoms with Gasteiger partial charge in [-0.2, -0.15) is 0 Å². The summed E-state index contributed by atoms with van der Waals surface area (Å²) in [7, 11) is 0. The zero-order valence-corrected chi connectivity index (χ0v) is 15.3. The first kappa shape index (κ1) is 18.4. The summed E-state index contributed by atoms with van der Waals surface area (Å²) >= 11 is 0. The number of benzene rings is 2. The predicted octanol–water partition coefficient (Wildman–Crippen LogP) is 4.05. The highest BCUT2D eigenvalue weighted by Crippen LogP contribution is 2.30. The van der Waals surface area contributed by atoms with Gasteiger partial charge >= 0.3 is 0 Å². The van der Waals surface area contributed by atoms with Crippen LogP contribution in [0.3, 0.4) is 0 Å². The first-order chi connectivity index (χ1) is 14.1. The summed E-state index contributed by atoms with van der Waals surface area (Å²) in [6, 6.07) is 15.6. The Morgan fingerprint density at radius 2 is 1.86 bits per heavy atom. The number of anilines is 1. The molecule has 0 saturated heterocycles. The van der Waals surface area contributed by atoms with Gasteiger partial charge in [0, 0.05) is 29.4 Å². The number of aromatic nitrogens is 2. The standard InChI is InChI=1S/C22H17FN4O2/c23-20-9-15(19-8-16(11-25-21(19)24)17-12-27-29-13-17)6-7-18(20)22(28)26-10-14-4-2-1-3-5-14/h1-9,11-13H,10H2,(H2,24,25)(H,26,28). The molecule has 2 aromatic carbocycles. The lowest BCUT2D eigenvalue weighted by Gasteiger charge is -2.10. The van der Waals surface area contributed by atoms with E-state index in [4.69, 9.17) is 10.3 Å². The molecule has 4 aromatic rings. The topological polar surface area (TPSA) is 94.0 Å². The van der Waals surface area contributed by atoms with Gasteiger partial charge in [0.1, 0.15) is 17.9 Å². The third kappa shape index (κ3) is 3.98. The summed E-state index contributed by atoms with van der Waals surface area (Å²) < 4.78 is 19.5. The van der Waals surface area contributed by atoms with Gasteiger partial charge in [0.25, 0.3) is 5.91 Å². The van der Waals surface area contributed by atoms with Crippen LogP contribution in [0.1, 0.15) is 15.9 Å². The molecule has 2 aromatic heterocycles. The lowest BCUT2D eigenvalue weighted by atomic mass is 10.0. The van der Waals surface area contributed by atoms with Crippen molar-refractivity contribution in [2.24, 2.45) is 0 Å². The first-order valence-electron chi connectivity index (χ1n) is 8.89. The van der Waals surface area contributed by atoms with Crippen LogP contribution in [0.4, 0.5) is 10.2 Å². The average Bonchev–Trinajstić information content (AvgIpc) is 3.28. The number of amides is 1. The second-order valence-corrected chi connectivity index (χ2v) is 6.43. The highest BCUT2D eigenvalue weighted by molar-refractivity contribution is 5.95. The lowest BCUT2D eigenvalue weighted by Crippen LogP contribution is -2.23. The van der Waals surface area contributed by atoms with E-state index in [1.165, 1.54) is 18.4 Å². The van der Waals surface area contributed by atoms with Gasteiger partial charge in [-0.05, 0) is 29.3 Å². The number of nitrogens with one attached hydrogen (secondary N) is 1. The van der Waals surface area contributed by atoms with Crippen molar-refractivity contribution >= 4 is 11.7 Å². The molecule has 3 N–H and O–H groups in total. The van der Waals surface area contributed by atoms with Crippen molar-refractivity contribution in [3.05, 3.63) is 90.2 Å². The van der Waals surface area contributed by atoms with Crippen molar-refractivity contribution in [2.75, 3.05) is 5.73 Å². The van der Waals surface area contributed by atoms with Crippen LogP contribution in [0.5, 0.6) is 0 Å². The number of hydrogen-bond acceptors (Lipinski definition) is 5. The maximum absolute atomic E-state index is 14.7. The van der Waals surface area contributed by atoms with Crippen molar-refractivity contribution < 1.29 is 13.7 Å². The van der Waals surface area contributed by atoms with E-state index in [9.17, 15) is 9.18 Å². The molecular weight excluding hydrogens is 371 g/mol. The minimum atomic E-state index is -0.636. The molecule has 0 atom stereocenters. The van der Waals surface area contributed by atoms with Gasteiger partial charge in [-0.3, -0.25) is 4.79 Å². The summed E-state index contributed by atoms with van der Waals surface area (Å²) in [5.41, 5.74) is 9.42. The van der Waals surface area contributed by atoms with Gasteiger partial charge in [0.15, 0.2) is 0 Å². The molecule has 144 valence electrons. The van der Waals surface area contributed by atoms with E-state index in [1.807, 2.05) is 30.3 Å². The summed E-state index contributed by atoms with van der Waals surface area (Å²) in [5, 5.41) is 6.39. The predicted molar refractivity (Wildman–Crippen MR) is 107 cm³/mol. The summed E-state index contributed by atoms with van der Waals surface area (Å²) in [6.07, 6.45) is 4.63. The molecule has 29 heavy (non-hydrogen) atoms. The zero-order valence-electron chi connectivity index (χ0n) is 15.3. The van der Waals surface area contributed by atoms with Gasteiger partial charge in [-0.25, -0.2) is 9.37 Å². The molecule has 0 saturated carbocycles. The van der Waals surface area contributed by atoms with Gasteiger partial charge in [0.05, 0.1) is 11.8 Å². The van der Waals surface area contributed by atoms with E-state index >= 15 is 0 Å². The van der Waals surface area contributed by atoms with Crippen LogP contribution >= 0.6 is 0 Å². The molecule has 0 unspecified atom stereocenters. The van der Waals surface area contributed by atoms with Crippen molar-refractivity contribution in [1.82, 2.24) is 15.5 Å². The van der Waals surface area contributed by atoms with Crippen LogP contribution in [0.15, 0.2) is 77.8 Å². The van der Waals surface area contributed by atoms with Gasteiger partial charge in [-0.1, -0.05) is 41.6 Å². The number of carbonyl (C=O) groups is 1. The number of halogens is 1. The Hall–Kier alpha value is -4.00. The molecule has 6 nitrogen and oxygen atoms in total. The number of hydrogen-bond donors (Lipinski definition) is 2. The quantitative estimate of drug-likeness (QED) is 0.538. The minimum absolute atomic E-state index is 0.0357. The number of carbonyl (C=O) groups excluding carboxylic acids is 1. The number of pyridine rings is 1. The first-order valence-corrected chi connectivity index (χ1v) is 8.89. The fourth-order valence-electron chi connectivity index (χ4n) is 2.95. The molecule has 0 aliphatic carbocycles. The molecule has 4 rings (SSSR count). The van der Waals surface area contributed by atoms with Crippen LogP contribution in [0.25, 0.3) is 22.3 Å². The van der Waals surface area contributed by atoms with Crippen LogP contribution in [-0.2, 0) is 6.54 Å². The van der Waals surface area contributed by atoms with Crippen molar-refractivity contribution in [2.45, 2.75) is 6.54 Å². The third-order valence-corrected chi connectivity index (χ3v) is 4.50. The Labute approximate surface area is 166 Å². The molecule has 0 bridgehead atoms. The smallest absolute Gasteiger partial charge is 0.254 e. The molecule has 2 heterocycles. The van der Waals surface area contributed by atoms with Gasteiger partial charge in [-0.15, -0.1) is 0 Å². The fraction of sp³-hybridized carbons (Fsp3) is 0.0455. The van der Waals surface area contributed by atoms with Crippen LogP contribution in [-0.4, -0.2) is 16.0 Å². The lowest BCUT2D eigenvalue weighted by molar-refractivity contribution is 0.0947. The Morgan fingerprint density at radius 3 is 2.59 bits per heavy atom. The second-order valence-electron chi connectivity index (χ2n) is 6.43. The SMILES string of the molecule is Nc1ncc(-c2cnoc2)cc1-c1ccc(C(=O)NCc2ccccc2)c(F)c1. The van der Waals surface area contributed by atoms with E-state index in [0.29, 0.717) is 17.7 Å². The number of nitrogen functional groups attached to an aromatic ring is 1. The Morgan fingerprint density at radius 1 is 1.03 bits per heavy atom. The van der Waals surface area contributed by atoms with Crippen LogP contribution < -0.4 is 11.1 Å². The normalized spacial score (nSPS) is 10.7. The molecule has 0 radical (unpaired) electrons. The third-order valence-electron chi connectivity index (χ3n) is 4.50. The zero-order chi connectivity index (χ0) is 20.2. The second kappa shape index (κ2) is 7.93. The monoisotopic (exact) mass is 388 g/mol. The summed E-state index contributed by atoms with van der Waals surface area (Å²) in [6.45, 7) is 0.318. The molecule has 0 fully saturated rings. The largest absolute Gasteiger partial charge is 0.383 e. The maximum Gasteiger partial charge on any atom is 0.254 e. The van der Waals surface area contributed by atoms with Crippen molar-refractivity contribution in [3.63, 3.8) is 0 Å². The molecule has 0 aliphatic rings. The van der Waals surface area contributed by atoms with E-state index in [0.717, 1.165) is 16.7 Å². The molecular formula is C22H17FN4O2. The van der Waals surface area contributed by atoms with Crippen molar-refractivity contribution in [1.29, 1.82) is 0 Å². The highest BCUT2D eigenvalue weighted by atomic mass is 19.1.